The van der Waals surface area contributed by atoms with Gasteiger partial charge in [0.05, 0.1) is 12.8 Å². The standard InChI is InChI=1S/C11H12BrNO3/c1-11(2)7-4-6(15-3)5-8(12)9(7)13-10(14)16-11/h4-5H,1-3H3,(H,13,14). The SMILES string of the molecule is COc1cc(Br)c2c(c1)C(C)(C)OC(=O)N2. The molecule has 2 rings (SSSR count). The van der Waals surface area contributed by atoms with Crippen LogP contribution in [-0.4, -0.2) is 13.2 Å². The molecular weight excluding hydrogens is 274 g/mol. The summed E-state index contributed by atoms with van der Waals surface area (Å²) in [5.74, 6) is 0.721. The highest BCUT2D eigenvalue weighted by atomic mass is 79.9. The Bertz CT molecular complexity index is 457. The molecule has 0 atom stereocenters. The number of methoxy groups -OCH3 is 1. The van der Waals surface area contributed by atoms with Crippen molar-refractivity contribution in [3.05, 3.63) is 22.2 Å². The number of halogens is 1. The van der Waals surface area contributed by atoms with Crippen molar-refractivity contribution in [1.82, 2.24) is 0 Å². The van der Waals surface area contributed by atoms with Gasteiger partial charge in [0.25, 0.3) is 0 Å². The zero-order valence-electron chi connectivity index (χ0n) is 9.26. The molecule has 1 aromatic rings. The lowest BCUT2D eigenvalue weighted by Crippen LogP contribution is -2.34. The highest BCUT2D eigenvalue weighted by Crippen LogP contribution is 2.42. The Morgan fingerprint density at radius 3 is 2.75 bits per heavy atom. The number of carbonyl (C=O) groups is 1. The molecule has 1 N–H and O–H groups in total. The van der Waals surface area contributed by atoms with Crippen molar-refractivity contribution in [1.29, 1.82) is 0 Å². The van der Waals surface area contributed by atoms with Crippen LogP contribution in [0.5, 0.6) is 5.75 Å². The van der Waals surface area contributed by atoms with E-state index in [-0.39, 0.29) is 0 Å². The molecule has 0 aliphatic carbocycles. The van der Waals surface area contributed by atoms with Gasteiger partial charge in [-0.25, -0.2) is 4.79 Å². The largest absolute Gasteiger partial charge is 0.497 e. The molecule has 1 aliphatic rings. The summed E-state index contributed by atoms with van der Waals surface area (Å²) in [6.07, 6.45) is -0.441. The van der Waals surface area contributed by atoms with Crippen LogP contribution in [-0.2, 0) is 10.3 Å². The van der Waals surface area contributed by atoms with Crippen LogP contribution in [0, 0.1) is 0 Å². The number of fused-ring (bicyclic) bond motifs is 1. The number of nitrogens with one attached hydrogen (secondary N) is 1. The molecule has 86 valence electrons. The minimum atomic E-state index is -0.658. The van der Waals surface area contributed by atoms with Crippen molar-refractivity contribution >= 4 is 27.7 Å². The Morgan fingerprint density at radius 2 is 2.12 bits per heavy atom. The average Bonchev–Trinajstić information content (AvgIpc) is 2.18. The minimum Gasteiger partial charge on any atom is -0.497 e. The van der Waals surface area contributed by atoms with E-state index in [1.807, 2.05) is 19.9 Å². The molecule has 0 saturated carbocycles. The van der Waals surface area contributed by atoms with Gasteiger partial charge in [-0.3, -0.25) is 5.32 Å². The van der Waals surface area contributed by atoms with E-state index in [1.54, 1.807) is 13.2 Å². The average molecular weight is 286 g/mol. The topological polar surface area (TPSA) is 47.6 Å². The van der Waals surface area contributed by atoms with Crippen LogP contribution in [0.3, 0.4) is 0 Å². The van der Waals surface area contributed by atoms with Gasteiger partial charge in [0.1, 0.15) is 11.4 Å². The summed E-state index contributed by atoms with van der Waals surface area (Å²) in [5.41, 5.74) is 0.967. The number of carbonyl (C=O) groups excluding carboxylic acids is 1. The van der Waals surface area contributed by atoms with E-state index in [0.29, 0.717) is 0 Å². The summed E-state index contributed by atoms with van der Waals surface area (Å²) >= 11 is 3.40. The third-order valence-electron chi connectivity index (χ3n) is 2.52. The van der Waals surface area contributed by atoms with Gasteiger partial charge < -0.3 is 9.47 Å². The molecule has 4 nitrogen and oxygen atoms in total. The van der Waals surface area contributed by atoms with E-state index in [2.05, 4.69) is 21.2 Å². The quantitative estimate of drug-likeness (QED) is 0.862. The zero-order chi connectivity index (χ0) is 11.9. The lowest BCUT2D eigenvalue weighted by molar-refractivity contribution is 0.0418. The van der Waals surface area contributed by atoms with E-state index in [4.69, 9.17) is 9.47 Å². The van der Waals surface area contributed by atoms with Gasteiger partial charge in [-0.1, -0.05) is 0 Å². The first-order chi connectivity index (χ1) is 7.44. The summed E-state index contributed by atoms with van der Waals surface area (Å²) in [4.78, 5) is 11.4. The first-order valence-electron chi connectivity index (χ1n) is 4.82. The number of rotatable bonds is 1. The molecular formula is C11H12BrNO3. The van der Waals surface area contributed by atoms with Crippen LogP contribution in [0.4, 0.5) is 10.5 Å². The van der Waals surface area contributed by atoms with E-state index in [9.17, 15) is 4.79 Å². The third kappa shape index (κ3) is 1.75. The molecule has 1 aliphatic heterocycles. The van der Waals surface area contributed by atoms with Crippen LogP contribution < -0.4 is 10.1 Å². The van der Waals surface area contributed by atoms with Crippen LogP contribution >= 0.6 is 15.9 Å². The second-order valence-corrected chi connectivity index (χ2v) is 4.91. The van der Waals surface area contributed by atoms with Crippen molar-refractivity contribution in [3.8, 4) is 5.75 Å². The molecule has 5 heteroatoms. The first-order valence-corrected chi connectivity index (χ1v) is 5.61. The van der Waals surface area contributed by atoms with E-state index < -0.39 is 11.7 Å². The summed E-state index contributed by atoms with van der Waals surface area (Å²) in [7, 11) is 1.60. The molecule has 0 aromatic heterocycles. The summed E-state index contributed by atoms with van der Waals surface area (Å²) in [6, 6.07) is 3.67. The van der Waals surface area contributed by atoms with Crippen LogP contribution in [0.1, 0.15) is 19.4 Å². The number of hydrogen-bond donors (Lipinski definition) is 1. The number of benzene rings is 1. The maximum Gasteiger partial charge on any atom is 0.412 e. The van der Waals surface area contributed by atoms with Crippen molar-refractivity contribution in [2.45, 2.75) is 19.4 Å². The fourth-order valence-electron chi connectivity index (χ4n) is 1.72. The normalized spacial score (nSPS) is 17.1. The highest BCUT2D eigenvalue weighted by Gasteiger charge is 2.35. The molecule has 0 unspecified atom stereocenters. The van der Waals surface area contributed by atoms with Crippen LogP contribution in [0.25, 0.3) is 0 Å². The Kier molecular flexibility index (Phi) is 2.58. The monoisotopic (exact) mass is 285 g/mol. The molecule has 16 heavy (non-hydrogen) atoms. The molecule has 0 radical (unpaired) electrons. The number of cyclic esters (lactones) is 1. The van der Waals surface area contributed by atoms with Crippen LogP contribution in [0.2, 0.25) is 0 Å². The molecule has 0 spiro atoms. The van der Waals surface area contributed by atoms with E-state index in [0.717, 1.165) is 21.5 Å². The number of hydrogen-bond acceptors (Lipinski definition) is 3. The van der Waals surface area contributed by atoms with Crippen molar-refractivity contribution in [2.24, 2.45) is 0 Å². The second kappa shape index (κ2) is 3.66. The zero-order valence-corrected chi connectivity index (χ0v) is 10.8. The lowest BCUT2D eigenvalue weighted by Gasteiger charge is -2.33. The minimum absolute atomic E-state index is 0.441. The smallest absolute Gasteiger partial charge is 0.412 e. The van der Waals surface area contributed by atoms with Crippen molar-refractivity contribution in [3.63, 3.8) is 0 Å². The number of amides is 1. The lowest BCUT2D eigenvalue weighted by atomic mass is 9.94. The van der Waals surface area contributed by atoms with Gasteiger partial charge in [-0.05, 0) is 41.9 Å². The highest BCUT2D eigenvalue weighted by molar-refractivity contribution is 9.10. The van der Waals surface area contributed by atoms with E-state index >= 15 is 0 Å². The summed E-state index contributed by atoms with van der Waals surface area (Å²) in [5, 5.41) is 2.67. The Morgan fingerprint density at radius 1 is 1.44 bits per heavy atom. The van der Waals surface area contributed by atoms with Crippen molar-refractivity contribution < 1.29 is 14.3 Å². The van der Waals surface area contributed by atoms with Gasteiger partial charge in [0, 0.05) is 10.0 Å². The first kappa shape index (κ1) is 11.3. The molecule has 0 saturated heterocycles. The van der Waals surface area contributed by atoms with Gasteiger partial charge >= 0.3 is 6.09 Å². The number of ether oxygens (including phenoxy) is 2. The molecule has 0 bridgehead atoms. The predicted octanol–water partition coefficient (Wildman–Crippen LogP) is 3.25. The number of anilines is 1. The van der Waals surface area contributed by atoms with E-state index in [1.165, 1.54) is 0 Å². The van der Waals surface area contributed by atoms with Gasteiger partial charge in [-0.15, -0.1) is 0 Å². The Labute approximate surface area is 102 Å². The summed E-state index contributed by atoms with van der Waals surface area (Å²) < 4.78 is 11.2. The predicted molar refractivity (Wildman–Crippen MR) is 63.8 cm³/mol. The van der Waals surface area contributed by atoms with Gasteiger partial charge in [0.2, 0.25) is 0 Å². The molecule has 1 aromatic carbocycles. The third-order valence-corrected chi connectivity index (χ3v) is 3.15. The van der Waals surface area contributed by atoms with Crippen molar-refractivity contribution in [2.75, 3.05) is 12.4 Å². The molecule has 0 fully saturated rings. The fraction of sp³-hybridized carbons (Fsp3) is 0.364. The Balaban J connectivity index is 2.63. The van der Waals surface area contributed by atoms with Crippen LogP contribution in [0.15, 0.2) is 16.6 Å². The molecule has 1 amide bonds. The Hall–Kier alpha value is -1.23. The maximum atomic E-state index is 11.4. The fourth-order valence-corrected chi connectivity index (χ4v) is 2.25. The van der Waals surface area contributed by atoms with Gasteiger partial charge in [-0.2, -0.15) is 0 Å². The molecule has 1 heterocycles. The summed E-state index contributed by atoms with van der Waals surface area (Å²) in [6.45, 7) is 3.69. The maximum absolute atomic E-state index is 11.4. The second-order valence-electron chi connectivity index (χ2n) is 4.06. The van der Waals surface area contributed by atoms with Gasteiger partial charge in [0.15, 0.2) is 0 Å².